The second-order valence-electron chi connectivity index (χ2n) is 4.57. The first-order chi connectivity index (χ1) is 9.19. The predicted molar refractivity (Wildman–Crippen MR) is 71.2 cm³/mol. The highest BCUT2D eigenvalue weighted by Gasteiger charge is 2.37. The van der Waals surface area contributed by atoms with Crippen molar-refractivity contribution in [3.05, 3.63) is 28.7 Å². The molecule has 1 atom stereocenters. The third-order valence-corrected chi connectivity index (χ3v) is 3.80. The molecule has 6 nitrogen and oxygen atoms in total. The van der Waals surface area contributed by atoms with Gasteiger partial charge in [0.25, 0.3) is 5.89 Å². The van der Waals surface area contributed by atoms with Crippen molar-refractivity contribution in [3.63, 3.8) is 0 Å². The molecular weight excluding hydrogens is 312 g/mol. The van der Waals surface area contributed by atoms with Gasteiger partial charge in [0, 0.05) is 17.2 Å². The molecule has 0 spiro atoms. The molecule has 100 valence electrons. The van der Waals surface area contributed by atoms with Crippen LogP contribution >= 0.6 is 15.9 Å². The van der Waals surface area contributed by atoms with Gasteiger partial charge in [0.15, 0.2) is 5.60 Å². The SMILES string of the molecule is OC1(c2nc(-c3ncccc3Br)no2)CCCNC1. The summed E-state index contributed by atoms with van der Waals surface area (Å²) < 4.78 is 5.99. The molecule has 1 aliphatic rings. The molecule has 1 saturated heterocycles. The van der Waals surface area contributed by atoms with Gasteiger partial charge in [0.2, 0.25) is 5.82 Å². The lowest BCUT2D eigenvalue weighted by atomic mass is 9.94. The quantitative estimate of drug-likeness (QED) is 0.870. The summed E-state index contributed by atoms with van der Waals surface area (Å²) >= 11 is 3.39. The zero-order valence-electron chi connectivity index (χ0n) is 10.1. The van der Waals surface area contributed by atoms with Gasteiger partial charge in [-0.3, -0.25) is 4.98 Å². The summed E-state index contributed by atoms with van der Waals surface area (Å²) in [5, 5.41) is 17.5. The van der Waals surface area contributed by atoms with Gasteiger partial charge in [-0.05, 0) is 47.4 Å². The van der Waals surface area contributed by atoms with Crippen LogP contribution in [0, 0.1) is 0 Å². The molecule has 0 aliphatic carbocycles. The molecule has 0 aromatic carbocycles. The van der Waals surface area contributed by atoms with Crippen molar-refractivity contribution in [1.82, 2.24) is 20.4 Å². The summed E-state index contributed by atoms with van der Waals surface area (Å²) in [6.45, 7) is 1.33. The average Bonchev–Trinajstić information content (AvgIpc) is 2.90. The Labute approximate surface area is 118 Å². The summed E-state index contributed by atoms with van der Waals surface area (Å²) in [4.78, 5) is 8.48. The number of halogens is 1. The highest BCUT2D eigenvalue weighted by atomic mass is 79.9. The fraction of sp³-hybridized carbons (Fsp3) is 0.417. The zero-order valence-corrected chi connectivity index (χ0v) is 11.7. The summed E-state index contributed by atoms with van der Waals surface area (Å²) in [5.41, 5.74) is -0.477. The zero-order chi connectivity index (χ0) is 13.3. The summed E-state index contributed by atoms with van der Waals surface area (Å²) in [7, 11) is 0. The van der Waals surface area contributed by atoms with Crippen LogP contribution in [0.5, 0.6) is 0 Å². The van der Waals surface area contributed by atoms with Crippen molar-refractivity contribution in [3.8, 4) is 11.5 Å². The lowest BCUT2D eigenvalue weighted by molar-refractivity contribution is -0.0167. The van der Waals surface area contributed by atoms with Crippen molar-refractivity contribution >= 4 is 15.9 Å². The predicted octanol–water partition coefficient (Wildman–Crippen LogP) is 1.47. The molecule has 1 fully saturated rings. The Kier molecular flexibility index (Phi) is 3.34. The smallest absolute Gasteiger partial charge is 0.260 e. The van der Waals surface area contributed by atoms with Crippen molar-refractivity contribution in [2.45, 2.75) is 18.4 Å². The van der Waals surface area contributed by atoms with Crippen molar-refractivity contribution in [2.75, 3.05) is 13.1 Å². The number of hydrogen-bond acceptors (Lipinski definition) is 6. The second kappa shape index (κ2) is 4.99. The van der Waals surface area contributed by atoms with Gasteiger partial charge >= 0.3 is 0 Å². The minimum atomic E-state index is -1.08. The lowest BCUT2D eigenvalue weighted by Gasteiger charge is -2.28. The molecular formula is C12H13BrN4O2. The normalized spacial score (nSPS) is 23.5. The number of β-amino-alcohol motifs (C(OH)–C–C–N with tert-alkyl or cyclic N) is 1. The molecule has 7 heteroatoms. The Morgan fingerprint density at radius 2 is 2.37 bits per heavy atom. The number of nitrogens with zero attached hydrogens (tertiary/aromatic N) is 3. The van der Waals surface area contributed by atoms with E-state index in [9.17, 15) is 5.11 Å². The van der Waals surface area contributed by atoms with E-state index in [1.54, 1.807) is 6.20 Å². The minimum Gasteiger partial charge on any atom is -0.379 e. The highest BCUT2D eigenvalue weighted by Crippen LogP contribution is 2.29. The van der Waals surface area contributed by atoms with Crippen LogP contribution in [0.2, 0.25) is 0 Å². The fourth-order valence-corrected chi connectivity index (χ4v) is 2.56. The van der Waals surface area contributed by atoms with E-state index in [0.717, 1.165) is 17.4 Å². The van der Waals surface area contributed by atoms with Crippen LogP contribution in [-0.2, 0) is 5.60 Å². The van der Waals surface area contributed by atoms with E-state index >= 15 is 0 Å². The Morgan fingerprint density at radius 1 is 1.47 bits per heavy atom. The van der Waals surface area contributed by atoms with Gasteiger partial charge in [-0.2, -0.15) is 4.98 Å². The Hall–Kier alpha value is -1.31. The molecule has 3 rings (SSSR count). The van der Waals surface area contributed by atoms with Crippen LogP contribution in [0.3, 0.4) is 0 Å². The van der Waals surface area contributed by atoms with Crippen LogP contribution < -0.4 is 5.32 Å². The molecule has 2 aromatic rings. The topological polar surface area (TPSA) is 84.1 Å². The molecule has 1 aliphatic heterocycles. The lowest BCUT2D eigenvalue weighted by Crippen LogP contribution is -2.43. The van der Waals surface area contributed by atoms with E-state index < -0.39 is 5.60 Å². The van der Waals surface area contributed by atoms with Gasteiger partial charge < -0.3 is 14.9 Å². The van der Waals surface area contributed by atoms with Crippen molar-refractivity contribution in [1.29, 1.82) is 0 Å². The summed E-state index contributed by atoms with van der Waals surface area (Å²) in [6.07, 6.45) is 3.15. The maximum absolute atomic E-state index is 10.5. The third-order valence-electron chi connectivity index (χ3n) is 3.16. The largest absolute Gasteiger partial charge is 0.379 e. The highest BCUT2D eigenvalue weighted by molar-refractivity contribution is 9.10. The first kappa shape index (κ1) is 12.7. The van der Waals surface area contributed by atoms with E-state index in [1.165, 1.54) is 0 Å². The summed E-state index contributed by atoms with van der Waals surface area (Å²) in [5.74, 6) is 0.619. The molecule has 0 amide bonds. The average molecular weight is 325 g/mol. The Balaban J connectivity index is 1.93. The van der Waals surface area contributed by atoms with Crippen LogP contribution in [0.15, 0.2) is 27.3 Å². The molecule has 19 heavy (non-hydrogen) atoms. The maximum Gasteiger partial charge on any atom is 0.260 e. The second-order valence-corrected chi connectivity index (χ2v) is 5.42. The first-order valence-corrected chi connectivity index (χ1v) is 6.86. The Morgan fingerprint density at radius 3 is 3.11 bits per heavy atom. The number of aromatic nitrogens is 3. The molecule has 0 bridgehead atoms. The van der Waals surface area contributed by atoms with Crippen LogP contribution in [-0.4, -0.2) is 33.3 Å². The van der Waals surface area contributed by atoms with Crippen molar-refractivity contribution < 1.29 is 9.63 Å². The molecule has 3 heterocycles. The van der Waals surface area contributed by atoms with Crippen LogP contribution in [0.4, 0.5) is 0 Å². The van der Waals surface area contributed by atoms with E-state index in [2.05, 4.69) is 36.4 Å². The number of piperidine rings is 1. The standard InChI is InChI=1S/C12H13BrN4O2/c13-8-3-1-6-15-9(8)10-16-11(19-17-10)12(18)4-2-5-14-7-12/h1,3,6,14,18H,2,4-5,7H2. The van der Waals surface area contributed by atoms with Gasteiger partial charge in [-0.15, -0.1) is 0 Å². The molecule has 2 aromatic heterocycles. The molecule has 1 unspecified atom stereocenters. The van der Waals surface area contributed by atoms with Crippen LogP contribution in [0.25, 0.3) is 11.5 Å². The van der Waals surface area contributed by atoms with Crippen LogP contribution in [0.1, 0.15) is 18.7 Å². The Bertz CT molecular complexity index is 581. The third kappa shape index (κ3) is 2.41. The maximum atomic E-state index is 10.5. The molecule has 2 N–H and O–H groups in total. The summed E-state index contributed by atoms with van der Waals surface area (Å²) in [6, 6.07) is 3.67. The van der Waals surface area contributed by atoms with E-state index in [-0.39, 0.29) is 5.89 Å². The number of rotatable bonds is 2. The monoisotopic (exact) mass is 324 g/mol. The van der Waals surface area contributed by atoms with E-state index in [1.807, 2.05) is 12.1 Å². The number of nitrogens with one attached hydrogen (secondary N) is 1. The first-order valence-electron chi connectivity index (χ1n) is 6.07. The van der Waals surface area contributed by atoms with Gasteiger partial charge in [-0.1, -0.05) is 5.16 Å². The van der Waals surface area contributed by atoms with Gasteiger partial charge in [-0.25, -0.2) is 0 Å². The number of pyridine rings is 1. The van der Waals surface area contributed by atoms with Gasteiger partial charge in [0.1, 0.15) is 5.69 Å². The number of hydrogen-bond donors (Lipinski definition) is 2. The van der Waals surface area contributed by atoms with E-state index in [4.69, 9.17) is 4.52 Å². The van der Waals surface area contributed by atoms with Crippen molar-refractivity contribution in [2.24, 2.45) is 0 Å². The van der Waals surface area contributed by atoms with E-state index in [0.29, 0.717) is 24.5 Å². The number of aliphatic hydroxyl groups is 1. The van der Waals surface area contributed by atoms with Gasteiger partial charge in [0.05, 0.1) is 0 Å². The molecule has 0 saturated carbocycles. The minimum absolute atomic E-state index is 0.243. The fourth-order valence-electron chi connectivity index (χ4n) is 2.13. The molecule has 0 radical (unpaired) electrons.